The molecule has 0 aromatic carbocycles. The molecule has 2 atom stereocenters. The van der Waals surface area contributed by atoms with E-state index in [2.05, 4.69) is 25.5 Å². The zero-order valence-electron chi connectivity index (χ0n) is 16.6. The van der Waals surface area contributed by atoms with Gasteiger partial charge in [0.2, 0.25) is 11.8 Å². The maximum Gasteiger partial charge on any atom is 0.256 e. The number of carbonyl (C=O) groups is 2. The number of aromatic amines is 1. The van der Waals surface area contributed by atoms with Crippen molar-refractivity contribution in [3.63, 3.8) is 0 Å². The van der Waals surface area contributed by atoms with Crippen molar-refractivity contribution in [1.82, 2.24) is 30.4 Å². The number of aryl methyl sites for hydroxylation is 1. The number of nitrogens with zero attached hydrogens (tertiary/aromatic N) is 4. The Labute approximate surface area is 163 Å². The second-order valence-electron chi connectivity index (χ2n) is 7.44. The van der Waals surface area contributed by atoms with Crippen molar-refractivity contribution < 1.29 is 14.3 Å². The number of methoxy groups -OCH3 is 1. The Morgan fingerprint density at radius 3 is 2.75 bits per heavy atom. The van der Waals surface area contributed by atoms with Gasteiger partial charge in [0.1, 0.15) is 5.82 Å². The Kier molecular flexibility index (Phi) is 5.91. The highest BCUT2D eigenvalue weighted by atomic mass is 16.5. The molecule has 2 N–H and O–H groups in total. The van der Waals surface area contributed by atoms with Crippen LogP contribution < -0.4 is 10.1 Å². The van der Waals surface area contributed by atoms with Crippen LogP contribution in [-0.4, -0.2) is 56.6 Å². The number of rotatable bonds is 6. The van der Waals surface area contributed by atoms with E-state index in [1.54, 1.807) is 17.0 Å². The topological polar surface area (TPSA) is 113 Å². The van der Waals surface area contributed by atoms with E-state index < -0.39 is 0 Å². The third kappa shape index (κ3) is 4.47. The number of hydrogen-bond acceptors (Lipinski definition) is 6. The van der Waals surface area contributed by atoms with Gasteiger partial charge in [0.25, 0.3) is 5.91 Å². The van der Waals surface area contributed by atoms with Gasteiger partial charge in [-0.1, -0.05) is 13.8 Å². The number of carbonyl (C=O) groups excluding carboxylic acids is 2. The molecule has 0 unspecified atom stereocenters. The van der Waals surface area contributed by atoms with Crippen LogP contribution in [0.5, 0.6) is 5.88 Å². The molecule has 2 aromatic rings. The molecule has 150 valence electrons. The normalized spacial score (nSPS) is 19.1. The molecule has 9 nitrogen and oxygen atoms in total. The minimum atomic E-state index is -0.316. The first-order chi connectivity index (χ1) is 13.4. The van der Waals surface area contributed by atoms with Crippen LogP contribution in [-0.2, 0) is 4.79 Å². The number of nitrogens with one attached hydrogen (secondary N) is 2. The van der Waals surface area contributed by atoms with Gasteiger partial charge in [-0.15, -0.1) is 0 Å². The van der Waals surface area contributed by atoms with Crippen LogP contribution in [0.2, 0.25) is 0 Å². The molecule has 1 aliphatic rings. The number of aromatic nitrogens is 4. The van der Waals surface area contributed by atoms with E-state index in [-0.39, 0.29) is 29.8 Å². The highest BCUT2D eigenvalue weighted by Gasteiger charge is 2.39. The Hall–Kier alpha value is -2.97. The van der Waals surface area contributed by atoms with Gasteiger partial charge < -0.3 is 15.0 Å². The number of H-pyrrole nitrogens is 1. The van der Waals surface area contributed by atoms with Gasteiger partial charge in [-0.25, -0.2) is 9.97 Å². The number of likely N-dealkylation sites (tertiary alicyclic amines) is 1. The van der Waals surface area contributed by atoms with Crippen LogP contribution in [0.4, 0.5) is 0 Å². The summed E-state index contributed by atoms with van der Waals surface area (Å²) in [6.45, 7) is 6.21. The van der Waals surface area contributed by atoms with Crippen molar-refractivity contribution >= 4 is 11.8 Å². The second-order valence-corrected chi connectivity index (χ2v) is 7.44. The summed E-state index contributed by atoms with van der Waals surface area (Å²) in [7, 11) is 1.52. The molecule has 3 rings (SSSR count). The van der Waals surface area contributed by atoms with Crippen molar-refractivity contribution in [1.29, 1.82) is 0 Å². The van der Waals surface area contributed by atoms with Crippen molar-refractivity contribution in [2.45, 2.75) is 45.7 Å². The molecule has 1 fully saturated rings. The summed E-state index contributed by atoms with van der Waals surface area (Å²) in [5, 5.41) is 10.1. The fourth-order valence-corrected chi connectivity index (χ4v) is 3.37. The van der Waals surface area contributed by atoms with E-state index in [0.717, 1.165) is 0 Å². The van der Waals surface area contributed by atoms with E-state index in [1.165, 1.54) is 13.3 Å². The van der Waals surface area contributed by atoms with E-state index >= 15 is 0 Å². The van der Waals surface area contributed by atoms with E-state index in [4.69, 9.17) is 4.74 Å². The van der Waals surface area contributed by atoms with Gasteiger partial charge in [-0.2, -0.15) is 5.10 Å². The number of hydrogen-bond donors (Lipinski definition) is 2. The van der Waals surface area contributed by atoms with Gasteiger partial charge in [-0.3, -0.25) is 14.7 Å². The van der Waals surface area contributed by atoms with Crippen LogP contribution in [0, 0.1) is 12.8 Å². The summed E-state index contributed by atoms with van der Waals surface area (Å²) in [5.41, 5.74) is 0.451. The fourth-order valence-electron chi connectivity index (χ4n) is 3.37. The number of pyridine rings is 1. The van der Waals surface area contributed by atoms with Crippen LogP contribution in [0.3, 0.4) is 0 Å². The molecule has 1 aliphatic heterocycles. The average molecular weight is 386 g/mol. The summed E-state index contributed by atoms with van der Waals surface area (Å²) in [6.07, 6.45) is 2.51. The standard InChI is InChI=1S/C19H26N6O3/c1-11(2)7-16(26)22-14-8-15(18-21-12(3)23-24-18)25(10-14)19(27)13-5-6-17(28-4)20-9-13/h5-6,9,11,14-15H,7-8,10H2,1-4H3,(H,22,26)(H,21,23,24)/t14-,15-/m0/s1. The molecule has 2 amide bonds. The van der Waals surface area contributed by atoms with E-state index in [1.807, 2.05) is 20.8 Å². The quantitative estimate of drug-likeness (QED) is 0.780. The van der Waals surface area contributed by atoms with Gasteiger partial charge in [0.05, 0.1) is 18.7 Å². The van der Waals surface area contributed by atoms with Crippen molar-refractivity contribution in [2.24, 2.45) is 5.92 Å². The highest BCUT2D eigenvalue weighted by molar-refractivity contribution is 5.94. The molecule has 0 aliphatic carbocycles. The molecule has 0 spiro atoms. The SMILES string of the molecule is COc1ccc(C(=O)N2C[C@@H](NC(=O)CC(C)C)C[C@H]2c2n[nH]c(C)n2)cn1. The maximum absolute atomic E-state index is 13.1. The predicted octanol–water partition coefficient (Wildman–Crippen LogP) is 1.63. The van der Waals surface area contributed by atoms with Crippen LogP contribution >= 0.6 is 0 Å². The van der Waals surface area contributed by atoms with Crippen molar-refractivity contribution in [2.75, 3.05) is 13.7 Å². The van der Waals surface area contributed by atoms with Crippen LogP contribution in [0.1, 0.15) is 54.7 Å². The molecule has 1 saturated heterocycles. The lowest BCUT2D eigenvalue weighted by molar-refractivity contribution is -0.122. The van der Waals surface area contributed by atoms with Gasteiger partial charge in [0.15, 0.2) is 5.82 Å². The second kappa shape index (κ2) is 8.37. The third-order valence-electron chi connectivity index (χ3n) is 4.63. The molecular formula is C19H26N6O3. The smallest absolute Gasteiger partial charge is 0.256 e. The summed E-state index contributed by atoms with van der Waals surface area (Å²) in [6, 6.07) is 2.87. The minimum Gasteiger partial charge on any atom is -0.481 e. The predicted molar refractivity (Wildman–Crippen MR) is 102 cm³/mol. The van der Waals surface area contributed by atoms with Crippen molar-refractivity contribution in [3.8, 4) is 5.88 Å². The number of ether oxygens (including phenoxy) is 1. The van der Waals surface area contributed by atoms with E-state index in [0.29, 0.717) is 42.5 Å². The lowest BCUT2D eigenvalue weighted by Gasteiger charge is -2.22. The summed E-state index contributed by atoms with van der Waals surface area (Å²) >= 11 is 0. The molecule has 2 aromatic heterocycles. The van der Waals surface area contributed by atoms with Gasteiger partial charge >= 0.3 is 0 Å². The maximum atomic E-state index is 13.1. The molecule has 28 heavy (non-hydrogen) atoms. The monoisotopic (exact) mass is 386 g/mol. The Morgan fingerprint density at radius 1 is 1.39 bits per heavy atom. The van der Waals surface area contributed by atoms with Crippen LogP contribution in [0.25, 0.3) is 0 Å². The third-order valence-corrected chi connectivity index (χ3v) is 4.63. The average Bonchev–Trinajstić information content (AvgIpc) is 3.26. The summed E-state index contributed by atoms with van der Waals surface area (Å²) < 4.78 is 5.05. The molecule has 0 bridgehead atoms. The molecule has 9 heteroatoms. The first kappa shape index (κ1) is 19.8. The van der Waals surface area contributed by atoms with Crippen LogP contribution in [0.15, 0.2) is 18.3 Å². The zero-order chi connectivity index (χ0) is 20.3. The molecule has 0 radical (unpaired) electrons. The lowest BCUT2D eigenvalue weighted by atomic mass is 10.1. The van der Waals surface area contributed by atoms with E-state index in [9.17, 15) is 9.59 Å². The largest absolute Gasteiger partial charge is 0.481 e. The van der Waals surface area contributed by atoms with Gasteiger partial charge in [0, 0.05) is 31.3 Å². The summed E-state index contributed by atoms with van der Waals surface area (Å²) in [5.74, 6) is 1.76. The Bertz CT molecular complexity index is 832. The zero-order valence-corrected chi connectivity index (χ0v) is 16.6. The highest BCUT2D eigenvalue weighted by Crippen LogP contribution is 2.32. The summed E-state index contributed by atoms with van der Waals surface area (Å²) in [4.78, 5) is 35.5. The minimum absolute atomic E-state index is 0.00895. The first-order valence-electron chi connectivity index (χ1n) is 9.36. The molecular weight excluding hydrogens is 360 g/mol. The Morgan fingerprint density at radius 2 is 2.18 bits per heavy atom. The Balaban J connectivity index is 1.80. The molecule has 0 saturated carbocycles. The first-order valence-corrected chi connectivity index (χ1v) is 9.36. The lowest BCUT2D eigenvalue weighted by Crippen LogP contribution is -2.39. The fraction of sp³-hybridized carbons (Fsp3) is 0.526. The van der Waals surface area contributed by atoms with Crippen molar-refractivity contribution in [3.05, 3.63) is 35.5 Å². The number of amides is 2. The van der Waals surface area contributed by atoms with Gasteiger partial charge in [-0.05, 0) is 25.3 Å². The molecule has 3 heterocycles.